The van der Waals surface area contributed by atoms with Gasteiger partial charge in [0.2, 0.25) is 0 Å². The van der Waals surface area contributed by atoms with E-state index in [2.05, 4.69) is 0 Å². The second-order valence-electron chi connectivity index (χ2n) is 5.99. The molecule has 4 N–H and O–H groups in total. The van der Waals surface area contributed by atoms with Gasteiger partial charge in [-0.25, -0.2) is 0 Å². The van der Waals surface area contributed by atoms with E-state index in [1.54, 1.807) is 0 Å². The zero-order chi connectivity index (χ0) is 14.1. The Morgan fingerprint density at radius 2 is 1.32 bits per heavy atom. The van der Waals surface area contributed by atoms with Crippen molar-refractivity contribution in [2.45, 2.75) is 76.2 Å². The normalized spacial score (nSPS) is 23.9. The zero-order valence-electron chi connectivity index (χ0n) is 11.9. The van der Waals surface area contributed by atoms with E-state index in [-0.39, 0.29) is 6.61 Å². The maximum atomic E-state index is 11.3. The molecule has 1 saturated carbocycles. The standard InChI is InChI=1S/C15H29NO3/c16-15(13(12-17)14(18)19)10-8-6-4-2-1-3-5-7-9-11-15/h13,17H,1-12,16H2,(H,18,19). The molecule has 1 fully saturated rings. The Hall–Kier alpha value is -0.610. The molecule has 1 unspecified atom stereocenters. The van der Waals surface area contributed by atoms with Gasteiger partial charge in [-0.2, -0.15) is 0 Å². The molecule has 0 bridgehead atoms. The van der Waals surface area contributed by atoms with Crippen LogP contribution in [0.1, 0.15) is 70.6 Å². The summed E-state index contributed by atoms with van der Waals surface area (Å²) in [7, 11) is 0. The number of aliphatic hydroxyl groups is 1. The molecule has 0 aliphatic heterocycles. The molecule has 4 nitrogen and oxygen atoms in total. The second kappa shape index (κ2) is 8.54. The fourth-order valence-electron chi connectivity index (χ4n) is 3.12. The molecule has 0 saturated heterocycles. The molecule has 0 heterocycles. The number of carbonyl (C=O) groups is 1. The molecule has 0 aromatic heterocycles. The molecule has 112 valence electrons. The van der Waals surface area contributed by atoms with Crippen LogP contribution in [0.3, 0.4) is 0 Å². The van der Waals surface area contributed by atoms with Crippen molar-refractivity contribution in [1.29, 1.82) is 0 Å². The molecule has 1 atom stereocenters. The van der Waals surface area contributed by atoms with E-state index < -0.39 is 17.4 Å². The highest BCUT2D eigenvalue weighted by molar-refractivity contribution is 5.72. The van der Waals surface area contributed by atoms with Gasteiger partial charge in [0.1, 0.15) is 0 Å². The molecule has 19 heavy (non-hydrogen) atoms. The number of hydrogen-bond acceptors (Lipinski definition) is 3. The SMILES string of the molecule is NC1(C(CO)C(=O)O)CCCCCCCCCCC1. The average molecular weight is 271 g/mol. The van der Waals surface area contributed by atoms with E-state index in [4.69, 9.17) is 5.73 Å². The summed E-state index contributed by atoms with van der Waals surface area (Å²) in [4.78, 5) is 11.3. The summed E-state index contributed by atoms with van der Waals surface area (Å²) in [6, 6.07) is 0. The van der Waals surface area contributed by atoms with Crippen LogP contribution in [0.25, 0.3) is 0 Å². The van der Waals surface area contributed by atoms with Gasteiger partial charge in [-0.15, -0.1) is 0 Å². The Kier molecular flexibility index (Phi) is 7.39. The highest BCUT2D eigenvalue weighted by Gasteiger charge is 2.38. The fraction of sp³-hybridized carbons (Fsp3) is 0.933. The van der Waals surface area contributed by atoms with E-state index in [1.807, 2.05) is 0 Å². The maximum Gasteiger partial charge on any atom is 0.310 e. The Bertz CT molecular complexity index is 256. The van der Waals surface area contributed by atoms with Gasteiger partial charge in [0, 0.05) is 5.54 Å². The van der Waals surface area contributed by atoms with Gasteiger partial charge in [0.05, 0.1) is 12.5 Å². The number of carboxylic acid groups (broad SMARTS) is 1. The van der Waals surface area contributed by atoms with E-state index in [9.17, 15) is 15.0 Å². The van der Waals surface area contributed by atoms with Crippen LogP contribution in [0.15, 0.2) is 0 Å². The van der Waals surface area contributed by atoms with Gasteiger partial charge in [-0.1, -0.05) is 57.8 Å². The lowest BCUT2D eigenvalue weighted by atomic mass is 9.76. The van der Waals surface area contributed by atoms with Gasteiger partial charge in [0.15, 0.2) is 0 Å². The predicted octanol–water partition coefficient (Wildman–Crippen LogP) is 2.68. The lowest BCUT2D eigenvalue weighted by Gasteiger charge is -2.35. The van der Waals surface area contributed by atoms with Crippen molar-refractivity contribution in [2.24, 2.45) is 11.7 Å². The van der Waals surface area contributed by atoms with Crippen molar-refractivity contribution in [2.75, 3.05) is 6.61 Å². The Morgan fingerprint density at radius 1 is 0.947 bits per heavy atom. The smallest absolute Gasteiger partial charge is 0.310 e. The molecule has 0 amide bonds. The molecule has 0 spiro atoms. The first-order valence-electron chi connectivity index (χ1n) is 7.73. The summed E-state index contributed by atoms with van der Waals surface area (Å²) in [6.07, 6.45) is 11.9. The number of carboxylic acids is 1. The van der Waals surface area contributed by atoms with Crippen molar-refractivity contribution in [3.05, 3.63) is 0 Å². The quantitative estimate of drug-likeness (QED) is 0.737. The van der Waals surface area contributed by atoms with Crippen molar-refractivity contribution in [3.63, 3.8) is 0 Å². The maximum absolute atomic E-state index is 11.3. The summed E-state index contributed by atoms with van der Waals surface area (Å²) in [5.41, 5.74) is 5.62. The first-order chi connectivity index (χ1) is 9.10. The summed E-state index contributed by atoms with van der Waals surface area (Å²) in [6.45, 7) is -0.355. The predicted molar refractivity (Wildman–Crippen MR) is 75.9 cm³/mol. The number of nitrogens with two attached hydrogens (primary N) is 1. The third-order valence-electron chi connectivity index (χ3n) is 4.46. The van der Waals surface area contributed by atoms with Crippen LogP contribution < -0.4 is 5.73 Å². The lowest BCUT2D eigenvalue weighted by Crippen LogP contribution is -2.52. The van der Waals surface area contributed by atoms with E-state index in [1.165, 1.54) is 32.1 Å². The minimum absolute atomic E-state index is 0.355. The number of aliphatic carboxylic acids is 1. The fourth-order valence-corrected chi connectivity index (χ4v) is 3.12. The van der Waals surface area contributed by atoms with Crippen molar-refractivity contribution >= 4 is 5.97 Å². The summed E-state index contributed by atoms with van der Waals surface area (Å²) in [5, 5.41) is 18.6. The van der Waals surface area contributed by atoms with Crippen LogP contribution in [0.4, 0.5) is 0 Å². The van der Waals surface area contributed by atoms with Crippen LogP contribution in [0.2, 0.25) is 0 Å². The third-order valence-corrected chi connectivity index (χ3v) is 4.46. The Labute approximate surface area is 116 Å². The van der Waals surface area contributed by atoms with E-state index >= 15 is 0 Å². The Morgan fingerprint density at radius 3 is 1.63 bits per heavy atom. The minimum atomic E-state index is -0.961. The molecule has 1 rings (SSSR count). The number of aliphatic hydroxyl groups excluding tert-OH is 1. The van der Waals surface area contributed by atoms with Crippen LogP contribution in [0.5, 0.6) is 0 Å². The summed E-state index contributed by atoms with van der Waals surface area (Å²) < 4.78 is 0. The molecule has 0 aromatic rings. The highest BCUT2D eigenvalue weighted by atomic mass is 16.4. The third kappa shape index (κ3) is 5.49. The average Bonchev–Trinajstić information content (AvgIpc) is 2.34. The molecule has 0 radical (unpaired) electrons. The van der Waals surface area contributed by atoms with E-state index in [0.29, 0.717) is 12.8 Å². The van der Waals surface area contributed by atoms with Crippen LogP contribution >= 0.6 is 0 Å². The van der Waals surface area contributed by atoms with Crippen molar-refractivity contribution in [1.82, 2.24) is 0 Å². The number of rotatable bonds is 3. The lowest BCUT2D eigenvalue weighted by molar-refractivity contribution is -0.146. The first-order valence-corrected chi connectivity index (χ1v) is 7.73. The molecule has 0 aromatic carbocycles. The summed E-state index contributed by atoms with van der Waals surface area (Å²) in [5.74, 6) is -1.78. The van der Waals surface area contributed by atoms with Gasteiger partial charge in [-0.05, 0) is 12.8 Å². The molecule has 4 heteroatoms. The monoisotopic (exact) mass is 271 g/mol. The Balaban J connectivity index is 2.65. The van der Waals surface area contributed by atoms with Gasteiger partial charge < -0.3 is 15.9 Å². The van der Waals surface area contributed by atoms with E-state index in [0.717, 1.165) is 25.7 Å². The molecule has 1 aliphatic rings. The molecular weight excluding hydrogens is 242 g/mol. The zero-order valence-corrected chi connectivity index (χ0v) is 11.9. The van der Waals surface area contributed by atoms with Gasteiger partial charge >= 0.3 is 5.97 Å². The minimum Gasteiger partial charge on any atom is -0.481 e. The topological polar surface area (TPSA) is 83.5 Å². The molecular formula is C15H29NO3. The van der Waals surface area contributed by atoms with Crippen molar-refractivity contribution < 1.29 is 15.0 Å². The van der Waals surface area contributed by atoms with Crippen LogP contribution in [-0.4, -0.2) is 28.3 Å². The second-order valence-corrected chi connectivity index (χ2v) is 5.99. The van der Waals surface area contributed by atoms with Gasteiger partial charge in [-0.3, -0.25) is 4.79 Å². The van der Waals surface area contributed by atoms with Crippen LogP contribution in [0, 0.1) is 5.92 Å². The first kappa shape index (κ1) is 16.4. The summed E-state index contributed by atoms with van der Waals surface area (Å²) >= 11 is 0. The number of hydrogen-bond donors (Lipinski definition) is 3. The molecule has 1 aliphatic carbocycles. The van der Waals surface area contributed by atoms with Gasteiger partial charge in [0.25, 0.3) is 0 Å². The highest BCUT2D eigenvalue weighted by Crippen LogP contribution is 2.29. The van der Waals surface area contributed by atoms with Crippen LogP contribution in [-0.2, 0) is 4.79 Å². The largest absolute Gasteiger partial charge is 0.481 e. The van der Waals surface area contributed by atoms with Crippen molar-refractivity contribution in [3.8, 4) is 0 Å².